The number of aromatic nitrogens is 4. The molecular weight excluding hydrogens is 471 g/mol. The molecule has 2 aliphatic rings. The molecular formula is C28H31FN6O2. The predicted molar refractivity (Wildman–Crippen MR) is 141 cm³/mol. The van der Waals surface area contributed by atoms with E-state index in [1.54, 1.807) is 21.5 Å². The molecule has 1 spiro atoms. The highest BCUT2D eigenvalue weighted by atomic mass is 19.1. The fourth-order valence-electron chi connectivity index (χ4n) is 5.46. The number of anilines is 2. The molecule has 2 aromatic carbocycles. The highest BCUT2D eigenvalue weighted by Crippen LogP contribution is 2.49. The number of nitrogens with zero attached hydrogens (tertiary/aromatic N) is 4. The van der Waals surface area contributed by atoms with Gasteiger partial charge < -0.3 is 15.7 Å². The van der Waals surface area contributed by atoms with Crippen molar-refractivity contribution in [1.82, 2.24) is 24.6 Å². The third kappa shape index (κ3) is 3.93. The summed E-state index contributed by atoms with van der Waals surface area (Å²) in [5.41, 5.74) is 3.20. The summed E-state index contributed by atoms with van der Waals surface area (Å²) < 4.78 is 17.8. The first-order valence-electron chi connectivity index (χ1n) is 12.8. The maximum atomic E-state index is 14.6. The maximum Gasteiger partial charge on any atom is 0.278 e. The first-order valence-corrected chi connectivity index (χ1v) is 12.8. The highest BCUT2D eigenvalue weighted by Gasteiger charge is 2.46. The van der Waals surface area contributed by atoms with Crippen LogP contribution in [0.3, 0.4) is 0 Å². The summed E-state index contributed by atoms with van der Waals surface area (Å²) in [5.74, 6) is -0.152. The van der Waals surface area contributed by atoms with E-state index in [0.29, 0.717) is 22.7 Å². The van der Waals surface area contributed by atoms with E-state index in [1.165, 1.54) is 50.1 Å². The van der Waals surface area contributed by atoms with Gasteiger partial charge in [0.2, 0.25) is 5.95 Å². The van der Waals surface area contributed by atoms with Gasteiger partial charge >= 0.3 is 0 Å². The van der Waals surface area contributed by atoms with Gasteiger partial charge in [-0.3, -0.25) is 4.79 Å². The Kier molecular flexibility index (Phi) is 5.29. The Morgan fingerprint density at radius 2 is 1.97 bits per heavy atom. The Labute approximate surface area is 214 Å². The van der Waals surface area contributed by atoms with Gasteiger partial charge in [0.1, 0.15) is 11.2 Å². The molecule has 8 nitrogen and oxygen atoms in total. The van der Waals surface area contributed by atoms with Crippen LogP contribution in [0.2, 0.25) is 0 Å². The van der Waals surface area contributed by atoms with Crippen molar-refractivity contribution in [2.45, 2.75) is 64.1 Å². The Morgan fingerprint density at radius 1 is 1.19 bits per heavy atom. The molecule has 0 atom stereocenters. The minimum Gasteiger partial charge on any atom is -0.386 e. The number of aliphatic hydroxyl groups is 1. The predicted octanol–water partition coefficient (Wildman–Crippen LogP) is 4.41. The van der Waals surface area contributed by atoms with E-state index < -0.39 is 11.4 Å². The number of nitrogens with one attached hydrogen (secondary N) is 2. The monoisotopic (exact) mass is 502 g/mol. The Morgan fingerprint density at radius 3 is 2.68 bits per heavy atom. The Balaban J connectivity index is 1.45. The van der Waals surface area contributed by atoms with Crippen molar-refractivity contribution in [3.8, 4) is 5.69 Å². The number of hydrogen-bond donors (Lipinski definition) is 3. The van der Waals surface area contributed by atoms with Gasteiger partial charge in [-0.25, -0.2) is 18.7 Å². The van der Waals surface area contributed by atoms with Crippen LogP contribution in [-0.2, 0) is 17.6 Å². The fourth-order valence-corrected chi connectivity index (χ4v) is 5.46. The summed E-state index contributed by atoms with van der Waals surface area (Å²) in [6, 6.07) is 10.6. The minimum absolute atomic E-state index is 0.138. The minimum atomic E-state index is -1.39. The van der Waals surface area contributed by atoms with E-state index in [-0.39, 0.29) is 22.7 Å². The van der Waals surface area contributed by atoms with Gasteiger partial charge in [-0.2, -0.15) is 4.98 Å². The number of rotatable bonds is 5. The molecule has 0 amide bonds. The molecule has 0 saturated heterocycles. The average Bonchev–Trinajstić information content (AvgIpc) is 3.54. The second-order valence-electron chi connectivity index (χ2n) is 11.0. The third-order valence-electron chi connectivity index (χ3n) is 7.45. The lowest BCUT2D eigenvalue weighted by Gasteiger charge is -2.27. The van der Waals surface area contributed by atoms with Gasteiger partial charge in [-0.05, 0) is 88.4 Å². The largest absolute Gasteiger partial charge is 0.386 e. The van der Waals surface area contributed by atoms with Gasteiger partial charge in [0.25, 0.3) is 5.56 Å². The van der Waals surface area contributed by atoms with Crippen molar-refractivity contribution in [1.29, 1.82) is 0 Å². The molecule has 37 heavy (non-hydrogen) atoms. The average molecular weight is 503 g/mol. The standard InChI is InChI=1S/C28H31FN6O2/c1-16(2)34-25(36)20-15-30-26(32-18-5-7-21-17(13-18)9-12-31-28(21)10-11-28)33-24(20)35(34)19-6-8-23(29)22(14-19)27(3,4)37/h5-8,13-16,31,37H,9-12H2,1-4H3,(H,30,32,33). The molecule has 0 radical (unpaired) electrons. The molecule has 2 aromatic heterocycles. The smallest absolute Gasteiger partial charge is 0.278 e. The van der Waals surface area contributed by atoms with Crippen LogP contribution in [0.15, 0.2) is 47.4 Å². The quantitative estimate of drug-likeness (QED) is 0.374. The van der Waals surface area contributed by atoms with Gasteiger partial charge in [0.15, 0.2) is 5.65 Å². The summed E-state index contributed by atoms with van der Waals surface area (Å²) >= 11 is 0. The van der Waals surface area contributed by atoms with Crippen molar-refractivity contribution in [2.24, 2.45) is 0 Å². The van der Waals surface area contributed by atoms with Crippen molar-refractivity contribution >= 4 is 22.7 Å². The van der Waals surface area contributed by atoms with Crippen LogP contribution in [0, 0.1) is 5.82 Å². The second-order valence-corrected chi connectivity index (χ2v) is 11.0. The van der Waals surface area contributed by atoms with Crippen LogP contribution >= 0.6 is 0 Å². The molecule has 1 aliphatic carbocycles. The van der Waals surface area contributed by atoms with Crippen LogP contribution in [0.4, 0.5) is 16.0 Å². The number of benzene rings is 2. The van der Waals surface area contributed by atoms with Gasteiger partial charge in [0, 0.05) is 35.6 Å². The SMILES string of the molecule is CC(C)n1c(=O)c2cnc(Nc3ccc4c(c3)CCNC43CC3)nc2n1-c1ccc(F)c(C(C)(C)O)c1. The van der Waals surface area contributed by atoms with Crippen molar-refractivity contribution in [3.63, 3.8) is 0 Å². The van der Waals surface area contributed by atoms with E-state index >= 15 is 0 Å². The normalized spacial score (nSPS) is 16.4. The van der Waals surface area contributed by atoms with Gasteiger partial charge in [-0.15, -0.1) is 0 Å². The lowest BCUT2D eigenvalue weighted by molar-refractivity contribution is 0.0745. The van der Waals surface area contributed by atoms with E-state index in [1.807, 2.05) is 19.9 Å². The summed E-state index contributed by atoms with van der Waals surface area (Å²) in [7, 11) is 0. The lowest BCUT2D eigenvalue weighted by atomic mass is 9.92. The summed E-state index contributed by atoms with van der Waals surface area (Å²) in [6.45, 7) is 7.83. The van der Waals surface area contributed by atoms with E-state index in [0.717, 1.165) is 18.7 Å². The fraction of sp³-hybridized carbons (Fsp3) is 0.393. The van der Waals surface area contributed by atoms with Gasteiger partial charge in [0.05, 0.1) is 11.3 Å². The van der Waals surface area contributed by atoms with Crippen molar-refractivity contribution in [3.05, 3.63) is 75.5 Å². The topological polar surface area (TPSA) is 97.0 Å². The molecule has 0 bridgehead atoms. The molecule has 9 heteroatoms. The molecule has 1 saturated carbocycles. The molecule has 1 aliphatic heterocycles. The summed E-state index contributed by atoms with van der Waals surface area (Å²) in [4.78, 5) is 22.5. The molecule has 3 heterocycles. The van der Waals surface area contributed by atoms with Crippen LogP contribution < -0.4 is 16.2 Å². The third-order valence-corrected chi connectivity index (χ3v) is 7.45. The van der Waals surface area contributed by atoms with E-state index in [9.17, 15) is 14.3 Å². The molecule has 192 valence electrons. The lowest BCUT2D eigenvalue weighted by Crippen LogP contribution is -2.36. The Bertz CT molecular complexity index is 1590. The van der Waals surface area contributed by atoms with Crippen LogP contribution in [-0.4, -0.2) is 31.0 Å². The first-order chi connectivity index (χ1) is 17.6. The molecule has 3 N–H and O–H groups in total. The summed E-state index contributed by atoms with van der Waals surface area (Å²) in [6.07, 6.45) is 4.85. The zero-order valence-corrected chi connectivity index (χ0v) is 21.5. The van der Waals surface area contributed by atoms with Gasteiger partial charge in [-0.1, -0.05) is 6.07 Å². The zero-order valence-electron chi connectivity index (χ0n) is 21.5. The molecule has 6 rings (SSSR count). The van der Waals surface area contributed by atoms with Crippen molar-refractivity contribution < 1.29 is 9.50 Å². The first kappa shape index (κ1) is 23.8. The second kappa shape index (κ2) is 8.22. The molecule has 4 aromatic rings. The van der Waals surface area contributed by atoms with E-state index in [4.69, 9.17) is 4.98 Å². The van der Waals surface area contributed by atoms with Crippen molar-refractivity contribution in [2.75, 3.05) is 11.9 Å². The summed E-state index contributed by atoms with van der Waals surface area (Å²) in [5, 5.41) is 17.8. The van der Waals surface area contributed by atoms with E-state index in [2.05, 4.69) is 27.8 Å². The molecule has 0 unspecified atom stereocenters. The number of fused-ring (bicyclic) bond motifs is 3. The maximum absolute atomic E-state index is 14.6. The highest BCUT2D eigenvalue weighted by molar-refractivity contribution is 5.77. The zero-order chi connectivity index (χ0) is 26.1. The molecule has 1 fully saturated rings. The van der Waals surface area contributed by atoms with Crippen LogP contribution in [0.25, 0.3) is 16.7 Å². The van der Waals surface area contributed by atoms with Crippen LogP contribution in [0.1, 0.15) is 63.3 Å². The Hall–Kier alpha value is -3.56. The number of hydrogen-bond acceptors (Lipinski definition) is 6. The van der Waals surface area contributed by atoms with Crippen LogP contribution in [0.5, 0.6) is 0 Å². The number of halogens is 1.